The summed E-state index contributed by atoms with van der Waals surface area (Å²) in [5, 5.41) is 2.63. The highest BCUT2D eigenvalue weighted by molar-refractivity contribution is 5.95. The lowest BCUT2D eigenvalue weighted by molar-refractivity contribution is -0.117. The summed E-state index contributed by atoms with van der Waals surface area (Å²) in [6.07, 6.45) is 0.164. The van der Waals surface area contributed by atoms with Crippen LogP contribution in [0.15, 0.2) is 24.3 Å². The number of nitrogens with two attached hydrogens (primary N) is 1. The van der Waals surface area contributed by atoms with Gasteiger partial charge in [-0.05, 0) is 18.6 Å². The molecule has 4 nitrogen and oxygen atoms in total. The number of aryl methyl sites for hydroxylation is 1. The quantitative estimate of drug-likeness (QED) is 0.834. The van der Waals surface area contributed by atoms with Gasteiger partial charge in [0.05, 0.1) is 0 Å². The molecule has 0 bridgehead atoms. The third-order valence-electron chi connectivity index (χ3n) is 2.05. The van der Waals surface area contributed by atoms with Crippen molar-refractivity contribution in [3.8, 4) is 0 Å². The highest BCUT2D eigenvalue weighted by atomic mass is 16.2. The number of primary amides is 1. The summed E-state index contributed by atoms with van der Waals surface area (Å²) in [5.41, 5.74) is 6.50. The summed E-state index contributed by atoms with van der Waals surface area (Å²) in [4.78, 5) is 22.0. The lowest BCUT2D eigenvalue weighted by Gasteiger charge is -2.05. The maximum Gasteiger partial charge on any atom is 0.251 e. The van der Waals surface area contributed by atoms with E-state index < -0.39 is 5.91 Å². The molecule has 0 spiro atoms. The van der Waals surface area contributed by atoms with Crippen molar-refractivity contribution in [3.63, 3.8) is 0 Å². The van der Waals surface area contributed by atoms with Gasteiger partial charge in [-0.3, -0.25) is 9.59 Å². The van der Waals surface area contributed by atoms with Crippen LogP contribution in [0.25, 0.3) is 0 Å². The van der Waals surface area contributed by atoms with E-state index in [9.17, 15) is 9.59 Å². The Hall–Kier alpha value is -1.84. The van der Waals surface area contributed by atoms with Crippen molar-refractivity contribution >= 4 is 11.8 Å². The first-order valence-corrected chi connectivity index (χ1v) is 5.73. The normalized spacial score (nSPS) is 8.88. The second kappa shape index (κ2) is 8.33. The van der Waals surface area contributed by atoms with Crippen LogP contribution in [0.1, 0.15) is 36.2 Å². The van der Waals surface area contributed by atoms with Crippen molar-refractivity contribution in [2.75, 3.05) is 6.54 Å². The molecule has 0 unspecified atom stereocenters. The fraction of sp³-hybridized carbons (Fsp3) is 0.385. The number of carbonyl (C=O) groups excluding carboxylic acids is 2. The van der Waals surface area contributed by atoms with Gasteiger partial charge in [-0.1, -0.05) is 32.0 Å². The molecular formula is C13H20N2O2. The van der Waals surface area contributed by atoms with Crippen LogP contribution in [0.4, 0.5) is 0 Å². The molecular weight excluding hydrogens is 216 g/mol. The summed E-state index contributed by atoms with van der Waals surface area (Å²) >= 11 is 0. The van der Waals surface area contributed by atoms with Crippen molar-refractivity contribution in [2.45, 2.75) is 27.2 Å². The third-order valence-corrected chi connectivity index (χ3v) is 2.05. The maximum atomic E-state index is 11.6. The molecule has 0 radical (unpaired) electrons. The Morgan fingerprint density at radius 2 is 1.82 bits per heavy atom. The SMILES string of the molecule is CC.Cc1ccccc1C(=O)NCCC(N)=O. The zero-order valence-corrected chi connectivity index (χ0v) is 10.6. The van der Waals surface area contributed by atoms with Gasteiger partial charge in [-0.2, -0.15) is 0 Å². The van der Waals surface area contributed by atoms with Crippen molar-refractivity contribution in [3.05, 3.63) is 35.4 Å². The molecule has 0 aliphatic rings. The number of benzene rings is 1. The van der Waals surface area contributed by atoms with Crippen LogP contribution in [0, 0.1) is 6.92 Å². The van der Waals surface area contributed by atoms with Gasteiger partial charge in [-0.25, -0.2) is 0 Å². The third kappa shape index (κ3) is 5.70. The monoisotopic (exact) mass is 236 g/mol. The summed E-state index contributed by atoms with van der Waals surface area (Å²) < 4.78 is 0. The molecule has 0 aromatic heterocycles. The Morgan fingerprint density at radius 1 is 1.24 bits per heavy atom. The number of nitrogens with one attached hydrogen (secondary N) is 1. The van der Waals surface area contributed by atoms with Gasteiger partial charge in [0.1, 0.15) is 0 Å². The van der Waals surface area contributed by atoms with Gasteiger partial charge in [0.2, 0.25) is 5.91 Å². The zero-order chi connectivity index (χ0) is 13.3. The smallest absolute Gasteiger partial charge is 0.251 e. The summed E-state index contributed by atoms with van der Waals surface area (Å²) in [6.45, 7) is 6.14. The summed E-state index contributed by atoms with van der Waals surface area (Å²) in [5.74, 6) is -0.588. The first kappa shape index (κ1) is 15.2. The van der Waals surface area contributed by atoms with E-state index in [1.165, 1.54) is 0 Å². The van der Waals surface area contributed by atoms with E-state index in [0.717, 1.165) is 5.56 Å². The van der Waals surface area contributed by atoms with Gasteiger partial charge in [0.15, 0.2) is 0 Å². The Balaban J connectivity index is 0.00000121. The molecule has 17 heavy (non-hydrogen) atoms. The number of hydrogen-bond donors (Lipinski definition) is 2. The fourth-order valence-electron chi connectivity index (χ4n) is 1.22. The van der Waals surface area contributed by atoms with E-state index in [1.54, 1.807) is 12.1 Å². The van der Waals surface area contributed by atoms with Crippen molar-refractivity contribution in [1.82, 2.24) is 5.32 Å². The Labute approximate surface area is 102 Å². The average Bonchev–Trinajstić information content (AvgIpc) is 2.31. The second-order valence-corrected chi connectivity index (χ2v) is 3.29. The summed E-state index contributed by atoms with van der Waals surface area (Å²) in [7, 11) is 0. The first-order valence-electron chi connectivity index (χ1n) is 5.73. The highest BCUT2D eigenvalue weighted by Crippen LogP contribution is 2.06. The molecule has 94 valence electrons. The molecule has 0 saturated heterocycles. The molecule has 0 atom stereocenters. The fourth-order valence-corrected chi connectivity index (χ4v) is 1.22. The van der Waals surface area contributed by atoms with Crippen LogP contribution < -0.4 is 11.1 Å². The van der Waals surface area contributed by atoms with Crippen molar-refractivity contribution in [1.29, 1.82) is 0 Å². The molecule has 3 N–H and O–H groups in total. The van der Waals surface area contributed by atoms with Crippen molar-refractivity contribution in [2.24, 2.45) is 5.73 Å². The van der Waals surface area contributed by atoms with Crippen LogP contribution in [0.3, 0.4) is 0 Å². The van der Waals surface area contributed by atoms with Gasteiger partial charge in [0, 0.05) is 18.5 Å². The largest absolute Gasteiger partial charge is 0.370 e. The van der Waals surface area contributed by atoms with E-state index in [1.807, 2.05) is 32.9 Å². The zero-order valence-electron chi connectivity index (χ0n) is 10.6. The number of amides is 2. The van der Waals surface area contributed by atoms with Crippen molar-refractivity contribution < 1.29 is 9.59 Å². The van der Waals surface area contributed by atoms with Crippen LogP contribution in [0.5, 0.6) is 0 Å². The molecule has 2 amide bonds. The lowest BCUT2D eigenvalue weighted by Crippen LogP contribution is -2.28. The molecule has 0 heterocycles. The van der Waals surface area contributed by atoms with Gasteiger partial charge in [-0.15, -0.1) is 0 Å². The average molecular weight is 236 g/mol. The molecule has 4 heteroatoms. The molecule has 0 fully saturated rings. The van der Waals surface area contributed by atoms with Gasteiger partial charge in [0.25, 0.3) is 5.91 Å². The highest BCUT2D eigenvalue weighted by Gasteiger charge is 2.07. The number of carbonyl (C=O) groups is 2. The topological polar surface area (TPSA) is 72.2 Å². The van der Waals surface area contributed by atoms with Crippen LogP contribution in [-0.4, -0.2) is 18.4 Å². The van der Waals surface area contributed by atoms with Crippen LogP contribution in [-0.2, 0) is 4.79 Å². The molecule has 1 aromatic rings. The predicted octanol–water partition coefficient (Wildman–Crippen LogP) is 1.63. The van der Waals surface area contributed by atoms with E-state index >= 15 is 0 Å². The van der Waals surface area contributed by atoms with Gasteiger partial charge < -0.3 is 11.1 Å². The minimum absolute atomic E-state index is 0.164. The van der Waals surface area contributed by atoms with Crippen LogP contribution in [0.2, 0.25) is 0 Å². The Morgan fingerprint density at radius 3 is 2.35 bits per heavy atom. The second-order valence-electron chi connectivity index (χ2n) is 3.29. The minimum atomic E-state index is -0.417. The summed E-state index contributed by atoms with van der Waals surface area (Å²) in [6, 6.07) is 7.28. The first-order chi connectivity index (χ1) is 8.11. The van der Waals surface area contributed by atoms with Crippen LogP contribution >= 0.6 is 0 Å². The lowest BCUT2D eigenvalue weighted by atomic mass is 10.1. The molecule has 1 aromatic carbocycles. The van der Waals surface area contributed by atoms with E-state index in [-0.39, 0.29) is 18.9 Å². The minimum Gasteiger partial charge on any atom is -0.370 e. The molecule has 0 aliphatic carbocycles. The van der Waals surface area contributed by atoms with E-state index in [4.69, 9.17) is 5.73 Å². The molecule has 1 rings (SSSR count). The molecule has 0 aliphatic heterocycles. The Bertz CT molecular complexity index is 375. The maximum absolute atomic E-state index is 11.6. The van der Waals surface area contributed by atoms with E-state index in [0.29, 0.717) is 5.56 Å². The van der Waals surface area contributed by atoms with E-state index in [2.05, 4.69) is 5.32 Å². The number of hydrogen-bond acceptors (Lipinski definition) is 2. The number of rotatable bonds is 4. The Kier molecular flexibility index (Phi) is 7.43. The predicted molar refractivity (Wildman–Crippen MR) is 68.7 cm³/mol. The molecule has 0 saturated carbocycles. The van der Waals surface area contributed by atoms with Gasteiger partial charge >= 0.3 is 0 Å². The standard InChI is InChI=1S/C11H14N2O2.C2H6/c1-8-4-2-3-5-9(8)11(15)13-7-6-10(12)14;1-2/h2-5H,6-7H2,1H3,(H2,12,14)(H,13,15);1-2H3.